The number of aromatic nitrogens is 1. The Bertz CT molecular complexity index is 1380. The number of hydrogen-bond donors (Lipinski definition) is 10. The highest BCUT2D eigenvalue weighted by Gasteiger charge is 2.48. The van der Waals surface area contributed by atoms with Gasteiger partial charge in [-0.3, -0.25) is 4.79 Å². The number of rotatable bonds is 25. The summed E-state index contributed by atoms with van der Waals surface area (Å²) in [4.78, 5) is 15.7. The molecule has 2 fully saturated rings. The lowest BCUT2D eigenvalue weighted by atomic mass is 9.98. The molecule has 2 saturated heterocycles. The minimum absolute atomic E-state index is 0.0299. The standard InChI is InChI=1S/C40H66N2O13/c1-2-26(44)15-13-11-9-7-5-3-4-6-8-10-12-14-16-32(45)41-20-19-25-22-42-29-18-17-27(21-28(25)29)53-40-38(51)36(49)34(47)31(55-40)24-52-39-37(50)35(48)33(46)30(23-43)54-39/h17-18,21-22,26,30-31,33-40,42-44,46-51H,2-16,19-20,23-24H2,1H3,(H,41,45)/t26?,30?,31?,33-,34-,35+,36+,37?,38?,39+,40+/m1/s1. The van der Waals surface area contributed by atoms with Crippen molar-refractivity contribution in [2.24, 2.45) is 0 Å². The van der Waals surface area contributed by atoms with E-state index in [-0.39, 0.29) is 12.0 Å². The Morgan fingerprint density at radius 2 is 1.36 bits per heavy atom. The third-order valence-corrected chi connectivity index (χ3v) is 10.8. The first-order chi connectivity index (χ1) is 26.5. The minimum Gasteiger partial charge on any atom is -0.462 e. The van der Waals surface area contributed by atoms with Crippen molar-refractivity contribution in [3.63, 3.8) is 0 Å². The quantitative estimate of drug-likeness (QED) is 0.0650. The summed E-state index contributed by atoms with van der Waals surface area (Å²) < 4.78 is 22.5. The number of ether oxygens (including phenoxy) is 4. The van der Waals surface area contributed by atoms with Crippen molar-refractivity contribution in [2.75, 3.05) is 19.8 Å². The molecule has 55 heavy (non-hydrogen) atoms. The molecule has 2 aliphatic heterocycles. The Kier molecular flexibility index (Phi) is 19.5. The van der Waals surface area contributed by atoms with Gasteiger partial charge in [0.15, 0.2) is 6.29 Å². The number of unbranched alkanes of at least 4 members (excludes halogenated alkanes) is 11. The Labute approximate surface area is 324 Å². The molecule has 5 unspecified atom stereocenters. The van der Waals surface area contributed by atoms with Gasteiger partial charge in [-0.15, -0.1) is 0 Å². The van der Waals surface area contributed by atoms with Crippen LogP contribution in [0.5, 0.6) is 5.75 Å². The summed E-state index contributed by atoms with van der Waals surface area (Å²) in [6.07, 6.45) is 3.68. The first kappa shape index (κ1) is 45.3. The zero-order valence-corrected chi connectivity index (χ0v) is 32.2. The van der Waals surface area contributed by atoms with Crippen molar-refractivity contribution in [1.82, 2.24) is 10.3 Å². The highest BCUT2D eigenvalue weighted by atomic mass is 16.7. The number of amides is 1. The molecule has 0 saturated carbocycles. The molecular formula is C40H66N2O13. The molecule has 10 N–H and O–H groups in total. The van der Waals surface area contributed by atoms with Gasteiger partial charge in [-0.1, -0.05) is 77.6 Å². The Balaban J connectivity index is 1.13. The van der Waals surface area contributed by atoms with E-state index >= 15 is 0 Å². The van der Waals surface area contributed by atoms with Gasteiger partial charge in [0, 0.05) is 30.1 Å². The summed E-state index contributed by atoms with van der Waals surface area (Å²) in [6, 6.07) is 5.19. The Morgan fingerprint density at radius 3 is 2.00 bits per heavy atom. The molecule has 3 heterocycles. The van der Waals surface area contributed by atoms with Crippen molar-refractivity contribution in [3.8, 4) is 5.75 Å². The van der Waals surface area contributed by atoms with Crippen LogP contribution in [0, 0.1) is 0 Å². The molecule has 0 bridgehead atoms. The maximum absolute atomic E-state index is 12.5. The molecule has 15 heteroatoms. The van der Waals surface area contributed by atoms with Crippen LogP contribution in [0.1, 0.15) is 109 Å². The van der Waals surface area contributed by atoms with E-state index in [1.807, 2.05) is 13.1 Å². The van der Waals surface area contributed by atoms with E-state index in [1.54, 1.807) is 18.2 Å². The number of nitrogens with one attached hydrogen (secondary N) is 2. The monoisotopic (exact) mass is 782 g/mol. The highest BCUT2D eigenvalue weighted by molar-refractivity contribution is 5.84. The molecule has 314 valence electrons. The van der Waals surface area contributed by atoms with Crippen molar-refractivity contribution >= 4 is 16.8 Å². The molecule has 0 aliphatic carbocycles. The zero-order valence-electron chi connectivity index (χ0n) is 32.2. The van der Waals surface area contributed by atoms with Gasteiger partial charge in [-0.2, -0.15) is 0 Å². The van der Waals surface area contributed by atoms with Crippen LogP contribution in [-0.2, 0) is 25.4 Å². The average molecular weight is 783 g/mol. The second-order valence-corrected chi connectivity index (χ2v) is 15.1. The maximum Gasteiger partial charge on any atom is 0.229 e. The number of H-pyrrole nitrogens is 1. The van der Waals surface area contributed by atoms with Crippen LogP contribution in [0.25, 0.3) is 10.9 Å². The highest BCUT2D eigenvalue weighted by Crippen LogP contribution is 2.30. The Morgan fingerprint density at radius 1 is 0.782 bits per heavy atom. The summed E-state index contributed by atoms with van der Waals surface area (Å²) in [7, 11) is 0. The molecule has 0 radical (unpaired) electrons. The predicted molar refractivity (Wildman–Crippen MR) is 203 cm³/mol. The van der Waals surface area contributed by atoms with Gasteiger partial charge in [0.2, 0.25) is 12.2 Å². The van der Waals surface area contributed by atoms with E-state index < -0.39 is 74.6 Å². The number of fused-ring (bicyclic) bond motifs is 1. The number of hydrogen-bond acceptors (Lipinski definition) is 13. The van der Waals surface area contributed by atoms with Crippen molar-refractivity contribution in [2.45, 2.75) is 177 Å². The van der Waals surface area contributed by atoms with Crippen LogP contribution in [-0.4, -0.2) is 139 Å². The number of aliphatic hydroxyl groups is 8. The van der Waals surface area contributed by atoms with Crippen molar-refractivity contribution in [3.05, 3.63) is 30.0 Å². The van der Waals surface area contributed by atoms with Gasteiger partial charge in [-0.25, -0.2) is 0 Å². The molecule has 4 rings (SSSR count). The molecule has 11 atom stereocenters. The van der Waals surface area contributed by atoms with Gasteiger partial charge < -0.3 is 70.1 Å². The fourth-order valence-electron chi connectivity index (χ4n) is 7.18. The summed E-state index contributed by atoms with van der Waals surface area (Å²) in [5.41, 5.74) is 1.78. The smallest absolute Gasteiger partial charge is 0.229 e. The molecule has 1 amide bonds. The van der Waals surface area contributed by atoms with E-state index in [1.165, 1.54) is 51.4 Å². The summed E-state index contributed by atoms with van der Waals surface area (Å²) in [6.45, 7) is 1.38. The Hall–Kier alpha value is -2.41. The lowest BCUT2D eigenvalue weighted by Gasteiger charge is -2.42. The summed E-state index contributed by atoms with van der Waals surface area (Å²) in [5, 5.41) is 84.9. The second kappa shape index (κ2) is 23.7. The van der Waals surface area contributed by atoms with Crippen LogP contribution in [0.15, 0.2) is 24.4 Å². The maximum atomic E-state index is 12.5. The van der Waals surface area contributed by atoms with Crippen LogP contribution in [0.3, 0.4) is 0 Å². The van der Waals surface area contributed by atoms with Gasteiger partial charge in [0.1, 0.15) is 54.6 Å². The summed E-state index contributed by atoms with van der Waals surface area (Å²) >= 11 is 0. The first-order valence-corrected chi connectivity index (χ1v) is 20.4. The van der Waals surface area contributed by atoms with Crippen molar-refractivity contribution in [1.29, 1.82) is 0 Å². The van der Waals surface area contributed by atoms with Gasteiger partial charge in [-0.05, 0) is 49.4 Å². The fraction of sp³-hybridized carbons (Fsp3) is 0.775. The largest absolute Gasteiger partial charge is 0.462 e. The number of aliphatic hydroxyl groups excluding tert-OH is 8. The van der Waals surface area contributed by atoms with Gasteiger partial charge in [0.05, 0.1) is 19.3 Å². The molecule has 2 aromatic rings. The molecule has 1 aromatic carbocycles. The molecule has 2 aliphatic rings. The molecular weight excluding hydrogens is 716 g/mol. The number of carbonyl (C=O) groups is 1. The van der Waals surface area contributed by atoms with Crippen LogP contribution in [0.4, 0.5) is 0 Å². The van der Waals surface area contributed by atoms with E-state index in [4.69, 9.17) is 18.9 Å². The summed E-state index contributed by atoms with van der Waals surface area (Å²) in [5.74, 6) is 0.344. The van der Waals surface area contributed by atoms with E-state index in [0.717, 1.165) is 55.0 Å². The van der Waals surface area contributed by atoms with Crippen LogP contribution in [0.2, 0.25) is 0 Å². The SMILES string of the molecule is CCC(O)CCCCCCCCCCCCCCC(=O)NCCc1c[nH]c2ccc(O[C@H]3OC(CO[C@H]4OC(CO)[C@@H](O)[C@H](O)C4O)[C@@H](O)[C@H](O)C3O)cc12. The third kappa shape index (κ3) is 13.9. The lowest BCUT2D eigenvalue weighted by molar-refractivity contribution is -0.323. The van der Waals surface area contributed by atoms with Crippen molar-refractivity contribution < 1.29 is 64.6 Å². The van der Waals surface area contributed by atoms with E-state index in [0.29, 0.717) is 25.1 Å². The predicted octanol–water partition coefficient (Wildman–Crippen LogP) is 2.06. The minimum atomic E-state index is -1.68. The molecule has 1 aromatic heterocycles. The normalized spacial score (nSPS) is 29.0. The van der Waals surface area contributed by atoms with Crippen LogP contribution < -0.4 is 10.1 Å². The van der Waals surface area contributed by atoms with E-state index in [9.17, 15) is 45.6 Å². The van der Waals surface area contributed by atoms with Gasteiger partial charge in [0.25, 0.3) is 0 Å². The average Bonchev–Trinajstić information content (AvgIpc) is 3.59. The molecule has 0 spiro atoms. The lowest BCUT2D eigenvalue weighted by Crippen LogP contribution is -2.62. The topological polar surface area (TPSA) is 244 Å². The number of carbonyl (C=O) groups excluding carboxylic acids is 1. The second-order valence-electron chi connectivity index (χ2n) is 15.1. The van der Waals surface area contributed by atoms with E-state index in [2.05, 4.69) is 10.3 Å². The molecule has 15 nitrogen and oxygen atoms in total. The number of benzene rings is 1. The van der Waals surface area contributed by atoms with Crippen LogP contribution >= 0.6 is 0 Å². The zero-order chi connectivity index (χ0) is 39.7. The first-order valence-electron chi connectivity index (χ1n) is 20.4. The van der Waals surface area contributed by atoms with Gasteiger partial charge >= 0.3 is 0 Å². The fourth-order valence-corrected chi connectivity index (χ4v) is 7.18. The number of aromatic amines is 1. The third-order valence-electron chi connectivity index (χ3n) is 10.8.